The van der Waals surface area contributed by atoms with Crippen molar-refractivity contribution in [2.75, 3.05) is 17.7 Å². The van der Waals surface area contributed by atoms with E-state index in [-0.39, 0.29) is 20.2 Å². The van der Waals surface area contributed by atoms with Crippen molar-refractivity contribution in [1.29, 1.82) is 0 Å². The number of benzene rings is 2. The third kappa shape index (κ3) is 20.3. The number of methoxy groups -OCH3 is 1. The van der Waals surface area contributed by atoms with Crippen LogP contribution in [0.2, 0.25) is 0 Å². The van der Waals surface area contributed by atoms with E-state index in [1.807, 2.05) is 85.5 Å². The third-order valence-electron chi connectivity index (χ3n) is 7.10. The second-order valence-electron chi connectivity index (χ2n) is 12.3. The molecule has 0 aliphatic heterocycles. The standard InChI is InChI=1S/C34H46N4O3.C3H8.2C2H6.2CH2O.CH4.H2/c1-10-13-27(14-11-2)36-33-35-18-17-30(38-33)41-29-16-12-15-25(24(29)5)19-23(4)32(39)37-28-21-26(34(6,7)8)20-22(3)31(28)40-9;1-3-2;4*1-2;;/h12,15-21,27H,10-11,13-14H2,1-9H3,(H,37,39)(H,35,36,38);3H2,1-2H3;2*1-2H3;2*1H2;1H4;1H/b23-19+;;;;;;;. The minimum atomic E-state index is -0.195. The zero-order valence-electron chi connectivity index (χ0n) is 35.1. The molecule has 3 aromatic rings. The summed E-state index contributed by atoms with van der Waals surface area (Å²) in [5.74, 6) is 2.18. The minimum Gasteiger partial charge on any atom is -0.494 e. The van der Waals surface area contributed by atoms with Crippen molar-refractivity contribution in [3.05, 3.63) is 70.4 Å². The summed E-state index contributed by atoms with van der Waals surface area (Å²) in [6.07, 6.45) is 9.16. The second-order valence-corrected chi connectivity index (χ2v) is 12.3. The van der Waals surface area contributed by atoms with Crippen molar-refractivity contribution in [2.45, 2.75) is 148 Å². The van der Waals surface area contributed by atoms with Crippen LogP contribution in [0, 0.1) is 13.8 Å². The molecule has 302 valence electrons. The molecule has 0 atom stereocenters. The molecule has 0 saturated heterocycles. The van der Waals surface area contributed by atoms with E-state index in [1.54, 1.807) is 26.3 Å². The number of aryl methyl sites for hydroxylation is 1. The predicted molar refractivity (Wildman–Crippen MR) is 231 cm³/mol. The van der Waals surface area contributed by atoms with Crippen molar-refractivity contribution in [1.82, 2.24) is 9.97 Å². The monoisotopic (exact) mass is 741 g/mol. The molecule has 3 rings (SSSR count). The lowest BCUT2D eigenvalue weighted by Gasteiger charge is -2.23. The molecule has 1 heterocycles. The van der Waals surface area contributed by atoms with Crippen molar-refractivity contribution >= 4 is 37.2 Å². The smallest absolute Gasteiger partial charge is 0.251 e. The van der Waals surface area contributed by atoms with Gasteiger partial charge in [0.05, 0.1) is 12.8 Å². The number of carbonyl (C=O) groups excluding carboxylic acids is 3. The summed E-state index contributed by atoms with van der Waals surface area (Å²) in [4.78, 5) is 38.3. The number of rotatable bonds is 12. The van der Waals surface area contributed by atoms with E-state index in [2.05, 4.69) is 75.1 Å². The van der Waals surface area contributed by atoms with Crippen LogP contribution in [0.25, 0.3) is 6.08 Å². The Morgan fingerprint density at radius 3 is 1.98 bits per heavy atom. The number of hydrogen-bond donors (Lipinski definition) is 2. The predicted octanol–water partition coefficient (Wildman–Crippen LogP) is 12.6. The fourth-order valence-electron chi connectivity index (χ4n) is 4.74. The first-order chi connectivity index (χ1) is 24.9. The Morgan fingerprint density at radius 2 is 1.49 bits per heavy atom. The van der Waals surface area contributed by atoms with E-state index in [0.717, 1.165) is 47.9 Å². The molecule has 1 amide bonds. The van der Waals surface area contributed by atoms with E-state index < -0.39 is 0 Å². The van der Waals surface area contributed by atoms with Crippen LogP contribution < -0.4 is 20.1 Å². The van der Waals surface area contributed by atoms with Crippen molar-refractivity contribution in [3.63, 3.8) is 0 Å². The highest BCUT2D eigenvalue weighted by Crippen LogP contribution is 2.35. The molecular weight excluding hydrogens is 665 g/mol. The van der Waals surface area contributed by atoms with E-state index >= 15 is 0 Å². The highest BCUT2D eigenvalue weighted by Gasteiger charge is 2.20. The normalized spacial score (nSPS) is 9.92. The summed E-state index contributed by atoms with van der Waals surface area (Å²) in [7, 11) is 1.62. The summed E-state index contributed by atoms with van der Waals surface area (Å²) >= 11 is 0. The Kier molecular flexibility index (Phi) is 33.5. The summed E-state index contributed by atoms with van der Waals surface area (Å²) in [6, 6.07) is 12.0. The Hall–Kier alpha value is -4.53. The van der Waals surface area contributed by atoms with E-state index in [4.69, 9.17) is 19.1 Å². The van der Waals surface area contributed by atoms with Gasteiger partial charge in [0.2, 0.25) is 11.8 Å². The Balaban J connectivity index is -0.000000559. The van der Waals surface area contributed by atoms with Gasteiger partial charge in [-0.1, -0.05) is 121 Å². The van der Waals surface area contributed by atoms with Gasteiger partial charge in [-0.15, -0.1) is 0 Å². The van der Waals surface area contributed by atoms with Crippen LogP contribution in [-0.2, 0) is 19.8 Å². The van der Waals surface area contributed by atoms with E-state index in [0.29, 0.717) is 40.6 Å². The van der Waals surface area contributed by atoms with Gasteiger partial charge in [0.15, 0.2) is 0 Å². The van der Waals surface area contributed by atoms with Crippen LogP contribution in [0.3, 0.4) is 0 Å². The Morgan fingerprint density at radius 1 is 0.943 bits per heavy atom. The zero-order valence-corrected chi connectivity index (χ0v) is 35.1. The SMILES string of the molecule is C.C=O.C=O.CC.CC.CCC.CCCC(CCC)Nc1nccc(Oc2cccc(/C=C(\C)C(=O)Nc3cc(C(C)(C)C)cc(C)c3OC)c2C)n1.[HH]. The first kappa shape index (κ1) is 55.2. The summed E-state index contributed by atoms with van der Waals surface area (Å²) in [6.45, 7) is 32.8. The van der Waals surface area contributed by atoms with Crippen LogP contribution in [0.5, 0.6) is 17.4 Å². The van der Waals surface area contributed by atoms with E-state index in [9.17, 15) is 4.79 Å². The number of anilines is 2. The lowest BCUT2D eigenvalue weighted by atomic mass is 9.85. The van der Waals surface area contributed by atoms with Gasteiger partial charge in [0, 0.05) is 25.3 Å². The molecule has 9 nitrogen and oxygen atoms in total. The van der Waals surface area contributed by atoms with Gasteiger partial charge in [0.1, 0.15) is 25.1 Å². The fourth-order valence-corrected chi connectivity index (χ4v) is 4.74. The molecule has 0 spiro atoms. The van der Waals surface area contributed by atoms with Gasteiger partial charge in [-0.25, -0.2) is 4.98 Å². The number of carbonyl (C=O) groups is 3. The average Bonchev–Trinajstić information content (AvgIpc) is 3.13. The maximum Gasteiger partial charge on any atom is 0.251 e. The maximum absolute atomic E-state index is 13.3. The summed E-state index contributed by atoms with van der Waals surface area (Å²) < 4.78 is 11.8. The topological polar surface area (TPSA) is 120 Å². The zero-order chi connectivity index (χ0) is 40.9. The third-order valence-corrected chi connectivity index (χ3v) is 7.10. The van der Waals surface area contributed by atoms with Crippen molar-refractivity contribution < 1.29 is 25.3 Å². The molecule has 9 heteroatoms. The van der Waals surface area contributed by atoms with Crippen LogP contribution in [0.4, 0.5) is 11.6 Å². The number of nitrogens with zero attached hydrogens (tertiary/aromatic N) is 2. The molecule has 0 aliphatic rings. The number of ether oxygens (including phenoxy) is 2. The van der Waals surface area contributed by atoms with Crippen molar-refractivity contribution in [3.8, 4) is 17.4 Å². The van der Waals surface area contributed by atoms with Gasteiger partial charge in [0.25, 0.3) is 5.91 Å². The molecule has 0 unspecified atom stereocenters. The number of amides is 1. The first-order valence-corrected chi connectivity index (χ1v) is 18.5. The van der Waals surface area contributed by atoms with Crippen molar-refractivity contribution in [2.24, 2.45) is 0 Å². The molecule has 0 bridgehead atoms. The molecule has 0 radical (unpaired) electrons. The Labute approximate surface area is 325 Å². The van der Waals surface area contributed by atoms with Gasteiger partial charge in [-0.2, -0.15) is 4.98 Å². The molecule has 2 aromatic carbocycles. The van der Waals surface area contributed by atoms with Gasteiger partial charge in [-0.3, -0.25) is 4.79 Å². The second kappa shape index (κ2) is 32.1. The first-order valence-electron chi connectivity index (χ1n) is 18.5. The van der Waals surface area contributed by atoms with Gasteiger partial charge >= 0.3 is 0 Å². The molecule has 0 fully saturated rings. The summed E-state index contributed by atoms with van der Waals surface area (Å²) in [5.41, 5.74) is 5.07. The van der Waals surface area contributed by atoms with E-state index in [1.165, 1.54) is 6.42 Å². The van der Waals surface area contributed by atoms with Crippen LogP contribution >= 0.6 is 0 Å². The highest BCUT2D eigenvalue weighted by molar-refractivity contribution is 6.07. The fraction of sp³-hybridized carbons (Fsp3) is 0.523. The lowest BCUT2D eigenvalue weighted by Crippen LogP contribution is -2.20. The largest absolute Gasteiger partial charge is 0.494 e. The maximum atomic E-state index is 13.3. The molecule has 53 heavy (non-hydrogen) atoms. The van der Waals surface area contributed by atoms with Gasteiger partial charge in [-0.05, 0) is 79.5 Å². The molecule has 1 aromatic heterocycles. The highest BCUT2D eigenvalue weighted by atomic mass is 16.5. The molecule has 2 N–H and O–H groups in total. The van der Waals surface area contributed by atoms with Gasteiger partial charge < -0.3 is 29.7 Å². The quantitative estimate of drug-likeness (QED) is 0.176. The average molecular weight is 741 g/mol. The lowest BCUT2D eigenvalue weighted by molar-refractivity contribution is -0.112. The Bertz CT molecular complexity index is 1430. The van der Waals surface area contributed by atoms with Crippen LogP contribution in [0.1, 0.15) is 146 Å². The van der Waals surface area contributed by atoms with Crippen LogP contribution in [-0.4, -0.2) is 42.6 Å². The molecular formula is C44H76N4O5. The van der Waals surface area contributed by atoms with Crippen LogP contribution in [0.15, 0.2) is 48.2 Å². The number of nitrogens with one attached hydrogen (secondary N) is 2. The molecule has 0 aliphatic carbocycles. The number of aromatic nitrogens is 2. The number of hydrogen-bond acceptors (Lipinski definition) is 8. The summed E-state index contributed by atoms with van der Waals surface area (Å²) in [5, 5.41) is 6.51. The minimum absolute atomic E-state index is 0. The molecule has 0 saturated carbocycles.